The third-order valence-electron chi connectivity index (χ3n) is 5.94. The lowest BCUT2D eigenvalue weighted by Gasteiger charge is -2.12. The Kier molecular flexibility index (Phi) is 3.83. The van der Waals surface area contributed by atoms with Gasteiger partial charge in [-0.3, -0.25) is 0 Å². The fourth-order valence-corrected chi connectivity index (χ4v) is 5.73. The van der Waals surface area contributed by atoms with E-state index < -0.39 is 0 Å². The van der Waals surface area contributed by atoms with Crippen molar-refractivity contribution < 1.29 is 0 Å². The van der Waals surface area contributed by atoms with Gasteiger partial charge in [-0.25, -0.2) is 0 Å². The first-order valence-corrected chi connectivity index (χ1v) is 10.6. The predicted molar refractivity (Wildman–Crippen MR) is 121 cm³/mol. The monoisotopic (exact) mass is 418 g/mol. The molecule has 0 aliphatic rings. The molecule has 0 bridgehead atoms. The van der Waals surface area contributed by atoms with Crippen LogP contribution in [0.4, 0.5) is 0 Å². The summed E-state index contributed by atoms with van der Waals surface area (Å²) >= 11 is 4.05. The Labute approximate surface area is 167 Å². The zero-order valence-corrected chi connectivity index (χ0v) is 17.6. The topological polar surface area (TPSA) is 9.86 Å². The van der Waals surface area contributed by atoms with E-state index >= 15 is 0 Å². The molecular formula is C24H23BrN2. The van der Waals surface area contributed by atoms with Gasteiger partial charge in [0.2, 0.25) is 0 Å². The van der Waals surface area contributed by atoms with Crippen LogP contribution < -0.4 is 0 Å². The van der Waals surface area contributed by atoms with E-state index in [1.54, 1.807) is 0 Å². The van der Waals surface area contributed by atoms with Crippen LogP contribution in [0.15, 0.2) is 53.0 Å². The second-order valence-electron chi connectivity index (χ2n) is 7.12. The van der Waals surface area contributed by atoms with Crippen molar-refractivity contribution in [1.29, 1.82) is 0 Å². The smallest absolute Gasteiger partial charge is 0.0646 e. The van der Waals surface area contributed by atoms with Gasteiger partial charge in [0, 0.05) is 45.7 Å². The van der Waals surface area contributed by atoms with Crippen molar-refractivity contribution in [1.82, 2.24) is 9.13 Å². The van der Waals surface area contributed by atoms with Crippen LogP contribution in [-0.4, -0.2) is 9.13 Å². The summed E-state index contributed by atoms with van der Waals surface area (Å²) in [4.78, 5) is 0. The zero-order chi connectivity index (χ0) is 18.7. The Bertz CT molecular complexity index is 1330. The number of halogens is 1. The summed E-state index contributed by atoms with van der Waals surface area (Å²) in [5, 5.41) is 5.47. The van der Waals surface area contributed by atoms with E-state index in [4.69, 9.17) is 0 Å². The number of hydrogen-bond donors (Lipinski definition) is 0. The van der Waals surface area contributed by atoms with Crippen molar-refractivity contribution in [2.75, 3.05) is 0 Å². The molecule has 3 aromatic carbocycles. The molecule has 0 radical (unpaired) electrons. The number of rotatable bonds is 3. The molecule has 2 nitrogen and oxygen atoms in total. The van der Waals surface area contributed by atoms with Crippen LogP contribution >= 0.6 is 15.9 Å². The summed E-state index contributed by atoms with van der Waals surface area (Å²) in [5.74, 6) is 0. The highest BCUT2D eigenvalue weighted by molar-refractivity contribution is 9.10. The van der Waals surface area contributed by atoms with Crippen molar-refractivity contribution in [2.45, 2.75) is 40.3 Å². The Morgan fingerprint density at radius 3 is 1.78 bits per heavy atom. The Morgan fingerprint density at radius 2 is 1.22 bits per heavy atom. The van der Waals surface area contributed by atoms with E-state index in [0.29, 0.717) is 0 Å². The molecule has 0 amide bonds. The lowest BCUT2D eigenvalue weighted by Crippen LogP contribution is -1.99. The minimum Gasteiger partial charge on any atom is -0.340 e. The van der Waals surface area contributed by atoms with E-state index in [9.17, 15) is 0 Å². The molecule has 0 saturated carbocycles. The summed E-state index contributed by atoms with van der Waals surface area (Å²) in [6.45, 7) is 8.71. The number of hydrogen-bond acceptors (Lipinski definition) is 0. The van der Waals surface area contributed by atoms with Crippen LogP contribution in [-0.2, 0) is 19.5 Å². The van der Waals surface area contributed by atoms with Gasteiger partial charge in [-0.15, -0.1) is 0 Å². The molecule has 0 N–H and O–H groups in total. The average Bonchev–Trinajstić information content (AvgIpc) is 3.22. The van der Waals surface area contributed by atoms with Crippen LogP contribution in [0.5, 0.6) is 0 Å². The Hall–Kier alpha value is -2.26. The summed E-state index contributed by atoms with van der Waals surface area (Å²) in [6.07, 6.45) is 1.02. The van der Waals surface area contributed by atoms with Gasteiger partial charge < -0.3 is 9.13 Å². The molecule has 136 valence electrons. The highest BCUT2D eigenvalue weighted by Gasteiger charge is 2.23. The van der Waals surface area contributed by atoms with Crippen LogP contribution in [0.1, 0.15) is 26.3 Å². The molecular weight excluding hydrogens is 396 g/mol. The molecule has 0 unspecified atom stereocenters. The average molecular weight is 419 g/mol. The minimum absolute atomic E-state index is 0.962. The first-order chi connectivity index (χ1) is 13.2. The second-order valence-corrected chi connectivity index (χ2v) is 7.91. The van der Waals surface area contributed by atoms with Crippen LogP contribution in [0, 0.1) is 0 Å². The molecule has 0 spiro atoms. The molecule has 27 heavy (non-hydrogen) atoms. The van der Waals surface area contributed by atoms with E-state index in [1.807, 2.05) is 0 Å². The summed E-state index contributed by atoms with van der Waals surface area (Å²) < 4.78 is 6.18. The Morgan fingerprint density at radius 1 is 0.704 bits per heavy atom. The lowest BCUT2D eigenvalue weighted by atomic mass is 10.00. The molecule has 2 aromatic heterocycles. The van der Waals surface area contributed by atoms with Gasteiger partial charge >= 0.3 is 0 Å². The number of benzene rings is 3. The highest BCUT2D eigenvalue weighted by Crippen LogP contribution is 2.45. The van der Waals surface area contributed by atoms with Gasteiger partial charge in [-0.05, 0) is 53.9 Å². The van der Waals surface area contributed by atoms with E-state index in [-0.39, 0.29) is 0 Å². The molecule has 3 heteroatoms. The number of para-hydroxylation sites is 2. The van der Waals surface area contributed by atoms with Crippen molar-refractivity contribution in [3.63, 3.8) is 0 Å². The van der Waals surface area contributed by atoms with Gasteiger partial charge in [-0.2, -0.15) is 0 Å². The highest BCUT2D eigenvalue weighted by atomic mass is 79.9. The first kappa shape index (κ1) is 16.9. The van der Waals surface area contributed by atoms with E-state index in [1.165, 1.54) is 53.6 Å². The third-order valence-corrected chi connectivity index (χ3v) is 6.71. The van der Waals surface area contributed by atoms with E-state index in [2.05, 4.69) is 94.4 Å². The maximum Gasteiger partial charge on any atom is 0.0646 e. The van der Waals surface area contributed by atoms with Crippen molar-refractivity contribution >= 4 is 59.5 Å². The molecule has 0 aliphatic carbocycles. The minimum atomic E-state index is 0.962. The van der Waals surface area contributed by atoms with Crippen LogP contribution in [0.25, 0.3) is 43.6 Å². The van der Waals surface area contributed by atoms with Gasteiger partial charge in [0.15, 0.2) is 0 Å². The van der Waals surface area contributed by atoms with Gasteiger partial charge in [-0.1, -0.05) is 43.3 Å². The second kappa shape index (κ2) is 6.13. The van der Waals surface area contributed by atoms with Crippen molar-refractivity contribution in [2.24, 2.45) is 0 Å². The molecule has 0 fully saturated rings. The maximum atomic E-state index is 4.05. The van der Waals surface area contributed by atoms with Gasteiger partial charge in [0.05, 0.1) is 15.5 Å². The fraction of sp³-hybridized carbons (Fsp3) is 0.250. The number of aryl methyl sites for hydroxylation is 3. The summed E-state index contributed by atoms with van der Waals surface area (Å²) in [6, 6.07) is 17.7. The summed E-state index contributed by atoms with van der Waals surface area (Å²) in [7, 11) is 0. The SMILES string of the molecule is CCc1c2c3ccccc3n(CC)c2c(Br)c2c3ccccc3n(CC)c12. The van der Waals surface area contributed by atoms with Gasteiger partial charge in [0.1, 0.15) is 0 Å². The number of nitrogens with zero attached hydrogens (tertiary/aromatic N) is 2. The molecule has 0 saturated heterocycles. The number of fused-ring (bicyclic) bond motifs is 6. The zero-order valence-electron chi connectivity index (χ0n) is 16.0. The third kappa shape index (κ3) is 2.06. The maximum absolute atomic E-state index is 4.05. The van der Waals surface area contributed by atoms with E-state index in [0.717, 1.165) is 19.5 Å². The molecule has 0 atom stereocenters. The molecule has 5 aromatic rings. The van der Waals surface area contributed by atoms with Gasteiger partial charge in [0.25, 0.3) is 0 Å². The standard InChI is InChI=1S/C24H23BrN2/c1-4-15-20-16-11-7-9-13-18(16)27(6-3)24(20)22(25)21-17-12-8-10-14-19(17)26(5-2)23(15)21/h7-14H,4-6H2,1-3H3. The molecule has 5 rings (SSSR count). The summed E-state index contributed by atoms with van der Waals surface area (Å²) in [5.41, 5.74) is 6.84. The lowest BCUT2D eigenvalue weighted by molar-refractivity contribution is 0.820. The normalized spacial score (nSPS) is 12.1. The first-order valence-electron chi connectivity index (χ1n) is 9.85. The van der Waals surface area contributed by atoms with Crippen molar-refractivity contribution in [3.05, 3.63) is 58.6 Å². The quantitative estimate of drug-likeness (QED) is 0.291. The molecule has 0 aliphatic heterocycles. The fourth-order valence-electron chi connectivity index (χ4n) is 4.91. The van der Waals surface area contributed by atoms with Crippen LogP contribution in [0.2, 0.25) is 0 Å². The largest absolute Gasteiger partial charge is 0.340 e. The predicted octanol–water partition coefficient (Wildman–Crippen LogP) is 7.27. The Balaban J connectivity index is 2.20. The number of aromatic nitrogens is 2. The van der Waals surface area contributed by atoms with Crippen molar-refractivity contribution in [3.8, 4) is 0 Å². The van der Waals surface area contributed by atoms with Crippen LogP contribution in [0.3, 0.4) is 0 Å². The molecule has 2 heterocycles.